The first-order chi connectivity index (χ1) is 49.2. The Hall–Kier alpha value is -1.94. The number of aliphatic hydroxyl groups excluding tert-OH is 1. The van der Waals surface area contributed by atoms with Gasteiger partial charge in [-0.15, -0.1) is 0 Å². The third-order valence-corrected chi connectivity index (χ3v) is 21.9. The lowest BCUT2D eigenvalue weighted by Crippen LogP contribution is -2.30. The van der Waals surface area contributed by atoms with Crippen LogP contribution in [0.4, 0.5) is 0 Å². The van der Waals surface area contributed by atoms with Crippen molar-refractivity contribution in [2.45, 2.75) is 446 Å². The highest BCUT2D eigenvalue weighted by atomic mass is 31.2. The summed E-state index contributed by atoms with van der Waals surface area (Å²) in [6.45, 7) is 14.3. The van der Waals surface area contributed by atoms with E-state index < -0.39 is 97.5 Å². The molecule has 0 heterocycles. The normalized spacial score (nSPS) is 14.5. The number of carbonyl (C=O) groups is 4. The summed E-state index contributed by atoms with van der Waals surface area (Å²) in [6.07, 6.45) is 59.7. The van der Waals surface area contributed by atoms with Gasteiger partial charge in [-0.1, -0.05) is 376 Å². The summed E-state index contributed by atoms with van der Waals surface area (Å²) in [5.41, 5.74) is 0. The summed E-state index contributed by atoms with van der Waals surface area (Å²) < 4.78 is 68.8. The van der Waals surface area contributed by atoms with Crippen LogP contribution < -0.4 is 0 Å². The number of hydrogen-bond donors (Lipinski definition) is 3. The molecule has 4 unspecified atom stereocenters. The van der Waals surface area contributed by atoms with Gasteiger partial charge in [-0.25, -0.2) is 9.13 Å². The van der Waals surface area contributed by atoms with Crippen molar-refractivity contribution in [2.24, 2.45) is 23.7 Å². The first-order valence-electron chi connectivity index (χ1n) is 42.8. The van der Waals surface area contributed by atoms with Crippen molar-refractivity contribution in [2.75, 3.05) is 39.6 Å². The van der Waals surface area contributed by atoms with E-state index in [0.717, 1.165) is 120 Å². The topological polar surface area (TPSA) is 237 Å². The van der Waals surface area contributed by atoms with Crippen LogP contribution in [-0.4, -0.2) is 96.7 Å². The molecule has 19 heteroatoms. The van der Waals surface area contributed by atoms with E-state index in [1.165, 1.54) is 225 Å². The molecule has 7 atom stereocenters. The predicted molar refractivity (Wildman–Crippen MR) is 418 cm³/mol. The van der Waals surface area contributed by atoms with Crippen molar-refractivity contribution in [3.05, 3.63) is 0 Å². The number of hydrogen-bond acceptors (Lipinski definition) is 15. The van der Waals surface area contributed by atoms with Gasteiger partial charge in [0.25, 0.3) is 0 Å². The molecular weight excluding hydrogens is 1330 g/mol. The number of rotatable bonds is 80. The van der Waals surface area contributed by atoms with Crippen molar-refractivity contribution in [1.29, 1.82) is 0 Å². The zero-order valence-electron chi connectivity index (χ0n) is 67.2. The highest BCUT2D eigenvalue weighted by Gasteiger charge is 2.30. The molecule has 3 N–H and O–H groups in total. The second-order valence-electron chi connectivity index (χ2n) is 31.3. The van der Waals surface area contributed by atoms with Crippen LogP contribution in [0.2, 0.25) is 0 Å². The van der Waals surface area contributed by atoms with E-state index in [2.05, 4.69) is 55.4 Å². The smallest absolute Gasteiger partial charge is 0.462 e. The third kappa shape index (κ3) is 73.6. The van der Waals surface area contributed by atoms with E-state index in [1.807, 2.05) is 0 Å². The second-order valence-corrected chi connectivity index (χ2v) is 34.2. The van der Waals surface area contributed by atoms with Gasteiger partial charge >= 0.3 is 39.5 Å². The molecule has 0 bridgehead atoms. The Morgan fingerprint density at radius 3 is 0.696 bits per heavy atom. The predicted octanol–water partition coefficient (Wildman–Crippen LogP) is 24.8. The SMILES string of the molecule is CCC(C)CCCCCCCCCCCCCCCCCCCCC(=O)OC[C@H](COP(=O)(O)OC[C@@H](O)COP(=O)(O)OC[C@@H](COC(=O)CCCCCCCCC(C)CC)OC(=O)CCCCCCCCCCCCCC(C)C)OC(=O)CCCCCCCCCCCCCCCC(C)C. The molecule has 0 radical (unpaired) electrons. The van der Waals surface area contributed by atoms with Gasteiger partial charge in [0, 0.05) is 25.7 Å². The second kappa shape index (κ2) is 72.0. The molecule has 0 fully saturated rings. The average molecular weight is 1490 g/mol. The molecule has 0 saturated heterocycles. The van der Waals surface area contributed by atoms with Gasteiger partial charge in [0.15, 0.2) is 12.2 Å². The van der Waals surface area contributed by atoms with Gasteiger partial charge in [-0.2, -0.15) is 0 Å². The van der Waals surface area contributed by atoms with Crippen molar-refractivity contribution >= 4 is 39.5 Å². The molecule has 0 aliphatic heterocycles. The Morgan fingerprint density at radius 1 is 0.275 bits per heavy atom. The lowest BCUT2D eigenvalue weighted by molar-refractivity contribution is -0.161. The van der Waals surface area contributed by atoms with Crippen LogP contribution in [0, 0.1) is 23.7 Å². The highest BCUT2D eigenvalue weighted by molar-refractivity contribution is 7.47. The summed E-state index contributed by atoms with van der Waals surface area (Å²) in [5, 5.41) is 10.6. The van der Waals surface area contributed by atoms with Crippen LogP contribution in [0.5, 0.6) is 0 Å². The zero-order valence-corrected chi connectivity index (χ0v) is 69.0. The molecule has 0 aromatic heterocycles. The zero-order chi connectivity index (χ0) is 75.3. The van der Waals surface area contributed by atoms with Crippen molar-refractivity contribution in [3.63, 3.8) is 0 Å². The van der Waals surface area contributed by atoms with Crippen molar-refractivity contribution < 1.29 is 80.2 Å². The number of ether oxygens (including phenoxy) is 4. The average Bonchev–Trinajstić information content (AvgIpc) is 0.911. The summed E-state index contributed by atoms with van der Waals surface area (Å²) in [4.78, 5) is 73.1. The van der Waals surface area contributed by atoms with Crippen LogP contribution in [0.15, 0.2) is 0 Å². The standard InChI is InChI=1S/C83H162O17P2/c1-9-75(7)61-53-45-37-31-25-19-15-13-11-12-14-16-20-26-32-38-47-55-63-80(85)93-69-78(99-82(87)65-57-49-39-33-27-21-17-18-23-29-35-43-51-59-73(3)4)71-97-101(89,90)95-67-77(84)68-96-102(91,92)98-72-79(70-94-81(86)64-56-48-42-41-46-54-62-76(8)10-2)100-83(88)66-58-50-40-34-28-22-24-30-36-44-52-60-74(5)6/h73-79,84H,9-72H2,1-8H3,(H,89,90)(H,91,92)/t75?,76?,77-,78-,79-/m1/s1. The first kappa shape index (κ1) is 100. The lowest BCUT2D eigenvalue weighted by Gasteiger charge is -2.21. The highest BCUT2D eigenvalue weighted by Crippen LogP contribution is 2.45. The minimum absolute atomic E-state index is 0.105. The Morgan fingerprint density at radius 2 is 0.471 bits per heavy atom. The van der Waals surface area contributed by atoms with Crippen LogP contribution >= 0.6 is 15.6 Å². The molecule has 0 amide bonds. The van der Waals surface area contributed by atoms with Gasteiger partial charge in [0.2, 0.25) is 0 Å². The van der Waals surface area contributed by atoms with Crippen LogP contribution in [-0.2, 0) is 65.4 Å². The molecule has 606 valence electrons. The number of unbranched alkanes of at least 4 members (excludes halogenated alkanes) is 44. The van der Waals surface area contributed by atoms with Gasteiger partial charge in [0.1, 0.15) is 19.3 Å². The van der Waals surface area contributed by atoms with E-state index in [1.54, 1.807) is 0 Å². The Bertz CT molecular complexity index is 1990. The fourth-order valence-corrected chi connectivity index (χ4v) is 14.3. The Balaban J connectivity index is 5.21. The van der Waals surface area contributed by atoms with Gasteiger partial charge in [-0.05, 0) is 49.4 Å². The minimum Gasteiger partial charge on any atom is -0.462 e. The largest absolute Gasteiger partial charge is 0.472 e. The maximum Gasteiger partial charge on any atom is 0.472 e. The number of phosphoric acid groups is 2. The van der Waals surface area contributed by atoms with E-state index in [4.69, 9.17) is 37.0 Å². The van der Waals surface area contributed by atoms with Crippen LogP contribution in [0.1, 0.15) is 428 Å². The lowest BCUT2D eigenvalue weighted by atomic mass is 9.99. The van der Waals surface area contributed by atoms with Gasteiger partial charge < -0.3 is 33.8 Å². The molecule has 17 nitrogen and oxygen atoms in total. The summed E-state index contributed by atoms with van der Waals surface area (Å²) >= 11 is 0. The van der Waals surface area contributed by atoms with E-state index in [-0.39, 0.29) is 25.7 Å². The number of carbonyl (C=O) groups excluding carboxylic acids is 4. The maximum atomic E-state index is 13.1. The fourth-order valence-electron chi connectivity index (χ4n) is 12.7. The van der Waals surface area contributed by atoms with Crippen molar-refractivity contribution in [3.8, 4) is 0 Å². The van der Waals surface area contributed by atoms with E-state index in [9.17, 15) is 43.2 Å². The monoisotopic (exact) mass is 1490 g/mol. The van der Waals surface area contributed by atoms with Gasteiger partial charge in [0.05, 0.1) is 26.4 Å². The van der Waals surface area contributed by atoms with E-state index >= 15 is 0 Å². The van der Waals surface area contributed by atoms with Gasteiger partial charge in [-0.3, -0.25) is 37.3 Å². The number of esters is 4. The van der Waals surface area contributed by atoms with Crippen LogP contribution in [0.25, 0.3) is 0 Å². The maximum absolute atomic E-state index is 13.1. The van der Waals surface area contributed by atoms with Crippen molar-refractivity contribution in [1.82, 2.24) is 0 Å². The number of aliphatic hydroxyl groups is 1. The molecule has 0 aliphatic rings. The molecule has 0 saturated carbocycles. The molecule has 0 rings (SSSR count). The molecule has 0 aliphatic carbocycles. The molecule has 0 aromatic carbocycles. The Kier molecular flexibility index (Phi) is 70.6. The fraction of sp³-hybridized carbons (Fsp3) is 0.952. The number of phosphoric ester groups is 2. The Labute approximate surface area is 626 Å². The minimum atomic E-state index is -4.96. The summed E-state index contributed by atoms with van der Waals surface area (Å²) in [5.74, 6) is 1.04. The summed E-state index contributed by atoms with van der Waals surface area (Å²) in [7, 11) is -9.92. The molecule has 0 aromatic rings. The molecular formula is C83H162O17P2. The quantitative estimate of drug-likeness (QED) is 0.0222. The van der Waals surface area contributed by atoms with Crippen LogP contribution in [0.3, 0.4) is 0 Å². The molecule has 0 spiro atoms. The molecule has 102 heavy (non-hydrogen) atoms. The summed E-state index contributed by atoms with van der Waals surface area (Å²) in [6, 6.07) is 0. The first-order valence-corrected chi connectivity index (χ1v) is 45.8. The van der Waals surface area contributed by atoms with E-state index in [0.29, 0.717) is 25.7 Å². The third-order valence-electron chi connectivity index (χ3n) is 20.0.